The zero-order chi connectivity index (χ0) is 7.28. The second kappa shape index (κ2) is 4.44. The molecule has 0 rings (SSSR count). The molecule has 0 aromatic rings. The Hall–Kier alpha value is -0.440. The van der Waals surface area contributed by atoms with E-state index < -0.39 is 0 Å². The van der Waals surface area contributed by atoms with Gasteiger partial charge in [-0.1, -0.05) is 0 Å². The van der Waals surface area contributed by atoms with Crippen LogP contribution in [0, 0.1) is 0 Å². The number of carbonyl (C=O) groups is 1. The van der Waals surface area contributed by atoms with E-state index in [-0.39, 0.29) is 0 Å². The van der Waals surface area contributed by atoms with Gasteiger partial charge < -0.3 is 5.32 Å². The molecule has 0 aromatic heterocycles. The van der Waals surface area contributed by atoms with Crippen LogP contribution >= 0.6 is 12.6 Å². The van der Waals surface area contributed by atoms with Gasteiger partial charge in [-0.2, -0.15) is 0 Å². The number of aldehydes is 1. The van der Waals surface area contributed by atoms with Gasteiger partial charge in [0.15, 0.2) is 6.29 Å². The van der Waals surface area contributed by atoms with E-state index in [2.05, 4.69) is 17.9 Å². The lowest BCUT2D eigenvalue weighted by molar-refractivity contribution is -0.104. The molecule has 0 aliphatic heterocycles. The highest BCUT2D eigenvalue weighted by molar-refractivity contribution is 7.85. The summed E-state index contributed by atoms with van der Waals surface area (Å²) in [5.41, 5.74) is 0.829. The minimum atomic E-state index is 0.469. The number of hydrogen-bond donors (Lipinski definition) is 2. The van der Waals surface area contributed by atoms with Crippen molar-refractivity contribution >= 4 is 18.9 Å². The van der Waals surface area contributed by atoms with Crippen LogP contribution in [-0.4, -0.2) is 12.8 Å². The van der Waals surface area contributed by atoms with E-state index in [0.717, 1.165) is 18.5 Å². The van der Waals surface area contributed by atoms with Gasteiger partial charge >= 0.3 is 0 Å². The summed E-state index contributed by atoms with van der Waals surface area (Å²) in [6.45, 7) is 4.61. The van der Waals surface area contributed by atoms with Crippen LogP contribution in [0.25, 0.3) is 0 Å². The van der Waals surface area contributed by atoms with Crippen molar-refractivity contribution in [2.24, 2.45) is 0 Å². The van der Waals surface area contributed by atoms with Crippen molar-refractivity contribution in [2.45, 2.75) is 13.8 Å². The Morgan fingerprint density at radius 1 is 1.78 bits per heavy atom. The van der Waals surface area contributed by atoms with E-state index in [0.29, 0.717) is 4.91 Å². The van der Waals surface area contributed by atoms with Gasteiger partial charge in [0, 0.05) is 12.2 Å². The van der Waals surface area contributed by atoms with Gasteiger partial charge in [-0.15, -0.1) is 12.6 Å². The number of hydrogen-bond acceptors (Lipinski definition) is 3. The van der Waals surface area contributed by atoms with Crippen LogP contribution in [0.3, 0.4) is 0 Å². The van der Waals surface area contributed by atoms with Crippen molar-refractivity contribution in [3.05, 3.63) is 10.6 Å². The van der Waals surface area contributed by atoms with Gasteiger partial charge in [-0.05, 0) is 13.8 Å². The molecule has 0 unspecified atom stereocenters. The maximum Gasteiger partial charge on any atom is 0.157 e. The van der Waals surface area contributed by atoms with E-state index >= 15 is 0 Å². The predicted molar refractivity (Wildman–Crippen MR) is 41.4 cm³/mol. The summed E-state index contributed by atoms with van der Waals surface area (Å²) in [5.74, 6) is 0. The fourth-order valence-corrected chi connectivity index (χ4v) is 0.523. The molecule has 0 aliphatic carbocycles. The van der Waals surface area contributed by atoms with E-state index in [9.17, 15) is 4.79 Å². The molecule has 1 N–H and O–H groups in total. The highest BCUT2D eigenvalue weighted by Crippen LogP contribution is 2.00. The molecule has 0 bridgehead atoms. The minimum absolute atomic E-state index is 0.469. The number of nitrogens with one attached hydrogen (secondary N) is 1. The van der Waals surface area contributed by atoms with Crippen LogP contribution in [0.2, 0.25) is 0 Å². The summed E-state index contributed by atoms with van der Waals surface area (Å²) < 4.78 is 0. The number of carbonyl (C=O) groups excluding carboxylic acids is 1. The Morgan fingerprint density at radius 3 is 2.67 bits per heavy atom. The Kier molecular flexibility index (Phi) is 4.22. The highest BCUT2D eigenvalue weighted by Gasteiger charge is 1.91. The van der Waals surface area contributed by atoms with Crippen molar-refractivity contribution < 1.29 is 4.79 Å². The van der Waals surface area contributed by atoms with Crippen LogP contribution in [0.1, 0.15) is 13.8 Å². The largest absolute Gasteiger partial charge is 0.388 e. The smallest absolute Gasteiger partial charge is 0.157 e. The maximum atomic E-state index is 10.0. The fourth-order valence-electron chi connectivity index (χ4n) is 0.444. The lowest BCUT2D eigenvalue weighted by Gasteiger charge is -2.01. The highest BCUT2D eigenvalue weighted by atomic mass is 32.1. The first-order chi connectivity index (χ1) is 4.22. The summed E-state index contributed by atoms with van der Waals surface area (Å²) in [4.78, 5) is 10.5. The van der Waals surface area contributed by atoms with Gasteiger partial charge in [0.1, 0.15) is 0 Å². The zero-order valence-corrected chi connectivity index (χ0v) is 6.53. The van der Waals surface area contributed by atoms with Crippen LogP contribution in [0.4, 0.5) is 0 Å². The minimum Gasteiger partial charge on any atom is -0.388 e. The molecule has 0 aromatic carbocycles. The van der Waals surface area contributed by atoms with Crippen molar-refractivity contribution in [3.63, 3.8) is 0 Å². The topological polar surface area (TPSA) is 29.1 Å². The first-order valence-electron chi connectivity index (χ1n) is 2.81. The standard InChI is InChI=1S/C6H11NOS/c1-3-7-5(2)6(9)4-8/h4,7,9H,3H2,1-2H3/b6-5-. The second-order valence-corrected chi connectivity index (χ2v) is 2.14. The third-order valence-electron chi connectivity index (χ3n) is 0.938. The van der Waals surface area contributed by atoms with Crippen molar-refractivity contribution in [1.29, 1.82) is 0 Å². The summed E-state index contributed by atoms with van der Waals surface area (Å²) in [6.07, 6.45) is 0.723. The normalized spacial score (nSPS) is 12.3. The van der Waals surface area contributed by atoms with Gasteiger partial charge in [-0.3, -0.25) is 4.79 Å². The average Bonchev–Trinajstić information content (AvgIpc) is 1.87. The number of allylic oxidation sites excluding steroid dienone is 2. The molecular formula is C6H11NOS. The number of thiol groups is 1. The molecule has 52 valence electrons. The SMILES string of the molecule is CCN/C(C)=C(\S)C=O. The third kappa shape index (κ3) is 3.19. The monoisotopic (exact) mass is 145 g/mol. The lowest BCUT2D eigenvalue weighted by atomic mass is 10.4. The summed E-state index contributed by atoms with van der Waals surface area (Å²) in [6, 6.07) is 0. The molecule has 0 aliphatic rings. The second-order valence-electron chi connectivity index (χ2n) is 1.66. The zero-order valence-electron chi connectivity index (χ0n) is 5.64. The molecule has 0 saturated heterocycles. The number of rotatable bonds is 3. The maximum absolute atomic E-state index is 10.0. The summed E-state index contributed by atoms with van der Waals surface area (Å²) in [5, 5.41) is 2.97. The molecule has 0 spiro atoms. The van der Waals surface area contributed by atoms with Crippen molar-refractivity contribution in [2.75, 3.05) is 6.54 Å². The first-order valence-corrected chi connectivity index (χ1v) is 3.26. The van der Waals surface area contributed by atoms with Crippen LogP contribution in [0.15, 0.2) is 10.6 Å². The summed E-state index contributed by atoms with van der Waals surface area (Å²) in [7, 11) is 0. The Balaban J connectivity index is 3.93. The fraction of sp³-hybridized carbons (Fsp3) is 0.500. The predicted octanol–water partition coefficient (Wildman–Crippen LogP) is 0.956. The molecule has 0 radical (unpaired) electrons. The molecule has 2 nitrogen and oxygen atoms in total. The van der Waals surface area contributed by atoms with Crippen molar-refractivity contribution in [3.8, 4) is 0 Å². The molecular weight excluding hydrogens is 134 g/mol. The van der Waals surface area contributed by atoms with Gasteiger partial charge in [-0.25, -0.2) is 0 Å². The van der Waals surface area contributed by atoms with Gasteiger partial charge in [0.2, 0.25) is 0 Å². The van der Waals surface area contributed by atoms with E-state index in [4.69, 9.17) is 0 Å². The molecule has 0 heterocycles. The van der Waals surface area contributed by atoms with E-state index in [1.807, 2.05) is 13.8 Å². The lowest BCUT2D eigenvalue weighted by Crippen LogP contribution is -2.10. The van der Waals surface area contributed by atoms with Crippen LogP contribution in [0.5, 0.6) is 0 Å². The van der Waals surface area contributed by atoms with Crippen molar-refractivity contribution in [1.82, 2.24) is 5.32 Å². The molecule has 0 saturated carbocycles. The average molecular weight is 145 g/mol. The Bertz CT molecular complexity index is 131. The molecule has 9 heavy (non-hydrogen) atoms. The van der Waals surface area contributed by atoms with Gasteiger partial charge in [0.25, 0.3) is 0 Å². The van der Waals surface area contributed by atoms with E-state index in [1.165, 1.54) is 0 Å². The quantitative estimate of drug-likeness (QED) is 0.352. The molecule has 0 amide bonds. The molecule has 0 fully saturated rings. The summed E-state index contributed by atoms with van der Waals surface area (Å²) >= 11 is 3.91. The third-order valence-corrected chi connectivity index (χ3v) is 1.38. The van der Waals surface area contributed by atoms with E-state index in [1.54, 1.807) is 0 Å². The molecule has 0 atom stereocenters. The van der Waals surface area contributed by atoms with Crippen LogP contribution in [-0.2, 0) is 4.79 Å². The first kappa shape index (κ1) is 8.56. The Labute approximate surface area is 60.7 Å². The molecule has 3 heteroatoms. The Morgan fingerprint density at radius 2 is 2.33 bits per heavy atom. The van der Waals surface area contributed by atoms with Gasteiger partial charge in [0.05, 0.1) is 4.91 Å². The van der Waals surface area contributed by atoms with Crippen LogP contribution < -0.4 is 5.32 Å².